The molecule has 2 aliphatic heterocycles. The Kier molecular flexibility index (Phi) is 3.46. The number of hydrogen-bond donors (Lipinski definition) is 1. The number of aromatic nitrogens is 1. The van der Waals surface area contributed by atoms with Crippen molar-refractivity contribution in [2.24, 2.45) is 11.3 Å². The number of carbonyl (C=O) groups is 1. The number of halogens is 1. The summed E-state index contributed by atoms with van der Waals surface area (Å²) in [5.74, 6) is -0.316. The smallest absolute Gasteiger partial charge is 0.311 e. The van der Waals surface area contributed by atoms with Gasteiger partial charge in [0, 0.05) is 31.0 Å². The van der Waals surface area contributed by atoms with Gasteiger partial charge in [0.2, 0.25) is 0 Å². The summed E-state index contributed by atoms with van der Waals surface area (Å²) in [6, 6.07) is 6.46. The van der Waals surface area contributed by atoms with Crippen molar-refractivity contribution < 1.29 is 19.0 Å². The highest BCUT2D eigenvalue weighted by Gasteiger charge is 2.54. The van der Waals surface area contributed by atoms with E-state index in [0.717, 1.165) is 22.3 Å². The van der Waals surface area contributed by atoms with E-state index in [-0.39, 0.29) is 11.7 Å². The zero-order valence-corrected chi connectivity index (χ0v) is 13.5. The van der Waals surface area contributed by atoms with Gasteiger partial charge in [-0.2, -0.15) is 0 Å². The summed E-state index contributed by atoms with van der Waals surface area (Å²) in [7, 11) is 0. The fraction of sp³-hybridized carbons (Fsp3) is 0.444. The van der Waals surface area contributed by atoms with Crippen LogP contribution in [-0.4, -0.2) is 42.4 Å². The standard InChI is InChI=1S/C18H19FN2O3/c1-11-6-16(20-15-3-2-13(19)7-14(11)15)21-8-12-9-24-5-4-18(12,10-21)17(22)23/h2-3,6-7,12H,4-5,8-10H2,1H3,(H,22,23)/t12-,18+/m1/s1. The van der Waals surface area contributed by atoms with Crippen LogP contribution in [0.4, 0.5) is 10.2 Å². The number of carboxylic acids is 1. The van der Waals surface area contributed by atoms with Gasteiger partial charge in [-0.25, -0.2) is 9.37 Å². The van der Waals surface area contributed by atoms with Crippen molar-refractivity contribution in [2.75, 3.05) is 31.2 Å². The molecule has 2 aromatic rings. The summed E-state index contributed by atoms with van der Waals surface area (Å²) in [4.78, 5) is 18.6. The van der Waals surface area contributed by atoms with Crippen molar-refractivity contribution >= 4 is 22.7 Å². The molecule has 2 atom stereocenters. The molecule has 0 aliphatic carbocycles. The summed E-state index contributed by atoms with van der Waals surface area (Å²) < 4.78 is 18.9. The average molecular weight is 330 g/mol. The SMILES string of the molecule is Cc1cc(N2C[C@@H]3COCC[C@]3(C(=O)O)C2)nc2ccc(F)cc12. The van der Waals surface area contributed by atoms with Gasteiger partial charge in [0.15, 0.2) is 0 Å². The van der Waals surface area contributed by atoms with Crippen LogP contribution in [0.25, 0.3) is 10.9 Å². The Morgan fingerprint density at radius 3 is 3.04 bits per heavy atom. The Labute approximate surface area is 139 Å². The number of nitrogens with zero attached hydrogens (tertiary/aromatic N) is 2. The van der Waals surface area contributed by atoms with Crippen molar-refractivity contribution in [2.45, 2.75) is 13.3 Å². The van der Waals surface area contributed by atoms with Gasteiger partial charge in [0.25, 0.3) is 0 Å². The van der Waals surface area contributed by atoms with Gasteiger partial charge in [-0.15, -0.1) is 0 Å². The third kappa shape index (κ3) is 2.24. The molecule has 6 heteroatoms. The highest BCUT2D eigenvalue weighted by atomic mass is 19.1. The molecule has 24 heavy (non-hydrogen) atoms. The minimum atomic E-state index is -0.758. The molecular weight excluding hydrogens is 311 g/mol. The summed E-state index contributed by atoms with van der Waals surface area (Å²) in [5.41, 5.74) is 0.901. The number of benzene rings is 1. The van der Waals surface area contributed by atoms with Gasteiger partial charge in [0.05, 0.1) is 17.5 Å². The summed E-state index contributed by atoms with van der Waals surface area (Å²) in [6.45, 7) is 3.94. The lowest BCUT2D eigenvalue weighted by molar-refractivity contribution is -0.157. The summed E-state index contributed by atoms with van der Waals surface area (Å²) >= 11 is 0. The molecule has 0 saturated carbocycles. The first-order valence-electron chi connectivity index (χ1n) is 8.13. The van der Waals surface area contributed by atoms with E-state index in [9.17, 15) is 14.3 Å². The minimum Gasteiger partial charge on any atom is -0.481 e. The Morgan fingerprint density at radius 2 is 2.29 bits per heavy atom. The maximum absolute atomic E-state index is 13.4. The first-order valence-corrected chi connectivity index (χ1v) is 8.13. The minimum absolute atomic E-state index is 0.0326. The largest absolute Gasteiger partial charge is 0.481 e. The fourth-order valence-corrected chi connectivity index (χ4v) is 3.98. The van der Waals surface area contributed by atoms with Crippen molar-refractivity contribution in [3.05, 3.63) is 35.6 Å². The maximum atomic E-state index is 13.4. The van der Waals surface area contributed by atoms with Gasteiger partial charge in [-0.05, 0) is 43.2 Å². The van der Waals surface area contributed by atoms with Crippen LogP contribution in [0.1, 0.15) is 12.0 Å². The third-order valence-corrected chi connectivity index (χ3v) is 5.42. The van der Waals surface area contributed by atoms with E-state index in [1.54, 1.807) is 6.07 Å². The summed E-state index contributed by atoms with van der Waals surface area (Å²) in [5, 5.41) is 10.6. The third-order valence-electron chi connectivity index (χ3n) is 5.42. The Bertz CT molecular complexity index is 825. The van der Waals surface area contributed by atoms with Crippen LogP contribution in [0.2, 0.25) is 0 Å². The monoisotopic (exact) mass is 330 g/mol. The molecule has 0 amide bonds. The molecule has 0 bridgehead atoms. The number of rotatable bonds is 2. The van der Waals surface area contributed by atoms with E-state index in [1.807, 2.05) is 17.9 Å². The lowest BCUT2D eigenvalue weighted by Gasteiger charge is -2.33. The van der Waals surface area contributed by atoms with Gasteiger partial charge >= 0.3 is 5.97 Å². The number of ether oxygens (including phenoxy) is 1. The molecule has 2 fully saturated rings. The lowest BCUT2D eigenvalue weighted by atomic mass is 9.74. The van der Waals surface area contributed by atoms with Gasteiger partial charge in [0.1, 0.15) is 11.6 Å². The average Bonchev–Trinajstić information content (AvgIpc) is 2.96. The lowest BCUT2D eigenvalue weighted by Crippen LogP contribution is -2.44. The van der Waals surface area contributed by atoms with E-state index in [1.165, 1.54) is 12.1 Å². The zero-order valence-electron chi connectivity index (χ0n) is 13.5. The zero-order chi connectivity index (χ0) is 16.9. The Morgan fingerprint density at radius 1 is 1.46 bits per heavy atom. The molecule has 4 rings (SSSR count). The molecular formula is C18H19FN2O3. The molecule has 1 aromatic heterocycles. The van der Waals surface area contributed by atoms with Crippen LogP contribution in [-0.2, 0) is 9.53 Å². The van der Waals surface area contributed by atoms with Gasteiger partial charge in [-0.3, -0.25) is 4.79 Å². The van der Waals surface area contributed by atoms with Crippen molar-refractivity contribution in [3.63, 3.8) is 0 Å². The van der Waals surface area contributed by atoms with Crippen molar-refractivity contribution in [3.8, 4) is 0 Å². The van der Waals surface area contributed by atoms with Gasteiger partial charge < -0.3 is 14.7 Å². The van der Waals surface area contributed by atoms with Crippen LogP contribution in [0.5, 0.6) is 0 Å². The maximum Gasteiger partial charge on any atom is 0.311 e. The fourth-order valence-electron chi connectivity index (χ4n) is 3.98. The van der Waals surface area contributed by atoms with E-state index in [4.69, 9.17) is 4.74 Å². The van der Waals surface area contributed by atoms with Crippen LogP contribution in [0.3, 0.4) is 0 Å². The Hall–Kier alpha value is -2.21. The second-order valence-electron chi connectivity index (χ2n) is 6.82. The number of hydrogen-bond acceptors (Lipinski definition) is 4. The number of fused-ring (bicyclic) bond motifs is 2. The van der Waals surface area contributed by atoms with E-state index in [2.05, 4.69) is 4.98 Å². The first kappa shape index (κ1) is 15.3. The molecule has 1 aromatic carbocycles. The Balaban J connectivity index is 1.73. The topological polar surface area (TPSA) is 62.7 Å². The van der Waals surface area contributed by atoms with Crippen molar-refractivity contribution in [1.82, 2.24) is 4.98 Å². The van der Waals surface area contributed by atoms with Crippen LogP contribution < -0.4 is 4.90 Å². The molecule has 2 saturated heterocycles. The number of pyridine rings is 1. The quantitative estimate of drug-likeness (QED) is 0.917. The second kappa shape index (κ2) is 5.41. The highest BCUT2D eigenvalue weighted by Crippen LogP contribution is 2.44. The molecule has 0 spiro atoms. The van der Waals surface area contributed by atoms with Crippen LogP contribution in [0, 0.1) is 24.1 Å². The summed E-state index contributed by atoms with van der Waals surface area (Å²) in [6.07, 6.45) is 0.529. The van der Waals surface area contributed by atoms with E-state index in [0.29, 0.717) is 32.7 Å². The molecule has 126 valence electrons. The molecule has 5 nitrogen and oxygen atoms in total. The molecule has 2 aliphatic rings. The molecule has 0 radical (unpaired) electrons. The normalized spacial score (nSPS) is 26.6. The number of carboxylic acid groups (broad SMARTS) is 1. The predicted octanol–water partition coefficient (Wildman–Crippen LogP) is 2.61. The first-order chi connectivity index (χ1) is 11.5. The highest BCUT2D eigenvalue weighted by molar-refractivity contribution is 5.84. The van der Waals surface area contributed by atoms with Crippen molar-refractivity contribution in [1.29, 1.82) is 0 Å². The molecule has 1 N–H and O–H groups in total. The number of aryl methyl sites for hydroxylation is 1. The number of anilines is 1. The van der Waals surface area contributed by atoms with Crippen LogP contribution >= 0.6 is 0 Å². The van der Waals surface area contributed by atoms with Gasteiger partial charge in [-0.1, -0.05) is 0 Å². The molecule has 0 unspecified atom stereocenters. The number of aliphatic carboxylic acids is 1. The van der Waals surface area contributed by atoms with Crippen LogP contribution in [0.15, 0.2) is 24.3 Å². The molecule has 3 heterocycles. The van der Waals surface area contributed by atoms with E-state index >= 15 is 0 Å². The predicted molar refractivity (Wildman–Crippen MR) is 87.6 cm³/mol. The van der Waals surface area contributed by atoms with E-state index < -0.39 is 11.4 Å². The second-order valence-corrected chi connectivity index (χ2v) is 6.82.